The van der Waals surface area contributed by atoms with E-state index in [0.29, 0.717) is 11.9 Å². The highest BCUT2D eigenvalue weighted by atomic mass is 16.2. The van der Waals surface area contributed by atoms with E-state index in [4.69, 9.17) is 0 Å². The van der Waals surface area contributed by atoms with Gasteiger partial charge in [0.1, 0.15) is 5.82 Å². The Morgan fingerprint density at radius 3 is 2.76 bits per heavy atom. The molecule has 1 amide bonds. The fraction of sp³-hybridized carbons (Fsp3) is 0.625. The minimum absolute atomic E-state index is 0.211. The molecule has 5 heteroatoms. The minimum Gasteiger partial charge on any atom is -0.353 e. The van der Waals surface area contributed by atoms with Gasteiger partial charge in [-0.2, -0.15) is 0 Å². The average molecular weight is 288 g/mol. The highest BCUT2D eigenvalue weighted by molar-refractivity contribution is 5.79. The Balaban J connectivity index is 1.54. The van der Waals surface area contributed by atoms with E-state index in [0.717, 1.165) is 51.4 Å². The number of amides is 1. The van der Waals surface area contributed by atoms with E-state index in [2.05, 4.69) is 22.1 Å². The van der Waals surface area contributed by atoms with Gasteiger partial charge in [-0.15, -0.1) is 0 Å². The van der Waals surface area contributed by atoms with Gasteiger partial charge >= 0.3 is 0 Å². The molecule has 1 N–H and O–H groups in total. The summed E-state index contributed by atoms with van der Waals surface area (Å²) < 4.78 is 0. The predicted molar refractivity (Wildman–Crippen MR) is 83.2 cm³/mol. The van der Waals surface area contributed by atoms with Crippen LogP contribution in [0.3, 0.4) is 0 Å². The van der Waals surface area contributed by atoms with Crippen LogP contribution in [0.1, 0.15) is 19.8 Å². The molecule has 2 aliphatic heterocycles. The van der Waals surface area contributed by atoms with Crippen molar-refractivity contribution in [2.45, 2.75) is 25.8 Å². The summed E-state index contributed by atoms with van der Waals surface area (Å²) in [4.78, 5) is 21.3. The molecule has 2 atom stereocenters. The van der Waals surface area contributed by atoms with E-state index < -0.39 is 0 Å². The molecule has 0 aliphatic carbocycles. The molecule has 2 unspecified atom stereocenters. The van der Waals surface area contributed by atoms with Gasteiger partial charge in [-0.1, -0.05) is 6.07 Å². The number of nitrogens with one attached hydrogen (secondary N) is 1. The zero-order valence-corrected chi connectivity index (χ0v) is 12.7. The lowest BCUT2D eigenvalue weighted by Gasteiger charge is -2.38. The van der Waals surface area contributed by atoms with Crippen LogP contribution in [-0.4, -0.2) is 54.6 Å². The molecule has 2 fully saturated rings. The molecular weight excluding hydrogens is 264 g/mol. The van der Waals surface area contributed by atoms with Crippen molar-refractivity contribution in [1.82, 2.24) is 15.2 Å². The summed E-state index contributed by atoms with van der Waals surface area (Å²) in [5.74, 6) is 1.58. The van der Waals surface area contributed by atoms with Gasteiger partial charge in [-0.25, -0.2) is 4.98 Å². The zero-order chi connectivity index (χ0) is 14.7. The number of nitrogens with zero attached hydrogens (tertiary/aromatic N) is 3. The van der Waals surface area contributed by atoms with Crippen molar-refractivity contribution in [2.75, 3.05) is 37.6 Å². The van der Waals surface area contributed by atoms with Gasteiger partial charge in [0.25, 0.3) is 0 Å². The van der Waals surface area contributed by atoms with Crippen LogP contribution in [0.5, 0.6) is 0 Å². The first-order valence-electron chi connectivity index (χ1n) is 7.92. The summed E-state index contributed by atoms with van der Waals surface area (Å²) >= 11 is 0. The number of rotatable bonds is 2. The number of hydrogen-bond donors (Lipinski definition) is 1. The van der Waals surface area contributed by atoms with E-state index in [1.165, 1.54) is 0 Å². The van der Waals surface area contributed by atoms with Gasteiger partial charge in [0, 0.05) is 44.3 Å². The number of hydrogen-bond acceptors (Lipinski definition) is 4. The third-order valence-corrected chi connectivity index (χ3v) is 4.54. The first kappa shape index (κ1) is 14.3. The van der Waals surface area contributed by atoms with E-state index >= 15 is 0 Å². The Kier molecular flexibility index (Phi) is 4.39. The van der Waals surface area contributed by atoms with Crippen LogP contribution < -0.4 is 10.2 Å². The fourth-order valence-corrected chi connectivity index (χ4v) is 3.31. The summed E-state index contributed by atoms with van der Waals surface area (Å²) in [6.45, 7) is 6.51. The SMILES string of the molecule is CC1CC(C(=O)N2CCN(c3ccccn3)CC2)CCN1. The number of carbonyl (C=O) groups excluding carboxylic acids is 1. The Bertz CT molecular complexity index is 470. The minimum atomic E-state index is 0.211. The summed E-state index contributed by atoms with van der Waals surface area (Å²) in [7, 11) is 0. The molecule has 0 radical (unpaired) electrons. The third-order valence-electron chi connectivity index (χ3n) is 4.54. The van der Waals surface area contributed by atoms with Crippen LogP contribution in [0.15, 0.2) is 24.4 Å². The fourth-order valence-electron chi connectivity index (χ4n) is 3.31. The van der Waals surface area contributed by atoms with Gasteiger partial charge in [-0.3, -0.25) is 4.79 Å². The van der Waals surface area contributed by atoms with Crippen molar-refractivity contribution >= 4 is 11.7 Å². The van der Waals surface area contributed by atoms with Crippen LogP contribution in [0.2, 0.25) is 0 Å². The number of carbonyl (C=O) groups is 1. The standard InChI is InChI=1S/C16H24N4O/c1-13-12-14(5-7-17-13)16(21)20-10-8-19(9-11-20)15-4-2-3-6-18-15/h2-4,6,13-14,17H,5,7-12H2,1H3. The lowest BCUT2D eigenvalue weighted by atomic mass is 9.92. The van der Waals surface area contributed by atoms with Crippen molar-refractivity contribution in [3.05, 3.63) is 24.4 Å². The van der Waals surface area contributed by atoms with Crippen LogP contribution in [0.25, 0.3) is 0 Å². The lowest BCUT2D eigenvalue weighted by molar-refractivity contribution is -0.137. The number of anilines is 1. The summed E-state index contributed by atoms with van der Waals surface area (Å²) in [5.41, 5.74) is 0. The van der Waals surface area contributed by atoms with Crippen molar-refractivity contribution in [3.63, 3.8) is 0 Å². The highest BCUT2D eigenvalue weighted by Crippen LogP contribution is 2.20. The van der Waals surface area contributed by atoms with E-state index in [1.807, 2.05) is 29.3 Å². The number of pyridine rings is 1. The molecule has 2 aliphatic rings. The summed E-state index contributed by atoms with van der Waals surface area (Å²) in [5, 5.41) is 3.41. The van der Waals surface area contributed by atoms with Gasteiger partial charge in [0.2, 0.25) is 5.91 Å². The second-order valence-corrected chi connectivity index (χ2v) is 6.08. The van der Waals surface area contributed by atoms with Crippen molar-refractivity contribution in [1.29, 1.82) is 0 Å². The van der Waals surface area contributed by atoms with E-state index in [-0.39, 0.29) is 5.92 Å². The van der Waals surface area contributed by atoms with Crippen molar-refractivity contribution in [3.8, 4) is 0 Å². The average Bonchev–Trinajstić information content (AvgIpc) is 2.55. The maximum atomic E-state index is 12.6. The highest BCUT2D eigenvalue weighted by Gasteiger charge is 2.30. The molecule has 3 heterocycles. The Labute approximate surface area is 126 Å². The second kappa shape index (κ2) is 6.43. The van der Waals surface area contributed by atoms with Crippen LogP contribution in [0.4, 0.5) is 5.82 Å². The second-order valence-electron chi connectivity index (χ2n) is 6.08. The smallest absolute Gasteiger partial charge is 0.225 e. The molecule has 2 saturated heterocycles. The van der Waals surface area contributed by atoms with Crippen LogP contribution in [0, 0.1) is 5.92 Å². The Morgan fingerprint density at radius 1 is 1.29 bits per heavy atom. The maximum absolute atomic E-state index is 12.6. The van der Waals surface area contributed by atoms with E-state index in [9.17, 15) is 4.79 Å². The molecule has 114 valence electrons. The monoisotopic (exact) mass is 288 g/mol. The molecule has 3 rings (SSSR count). The number of piperazine rings is 1. The number of aromatic nitrogens is 1. The van der Waals surface area contributed by atoms with Gasteiger partial charge in [-0.05, 0) is 38.4 Å². The first-order chi connectivity index (χ1) is 10.2. The van der Waals surface area contributed by atoms with Crippen LogP contribution in [-0.2, 0) is 4.79 Å². The largest absolute Gasteiger partial charge is 0.353 e. The Morgan fingerprint density at radius 2 is 2.10 bits per heavy atom. The summed E-state index contributed by atoms with van der Waals surface area (Å²) in [6, 6.07) is 6.44. The lowest BCUT2D eigenvalue weighted by Crippen LogP contribution is -2.52. The topological polar surface area (TPSA) is 48.5 Å². The molecule has 1 aromatic heterocycles. The molecule has 0 aromatic carbocycles. The van der Waals surface area contributed by atoms with Gasteiger partial charge < -0.3 is 15.1 Å². The molecule has 0 bridgehead atoms. The normalized spacial score (nSPS) is 26.7. The summed E-state index contributed by atoms with van der Waals surface area (Å²) in [6.07, 6.45) is 3.77. The van der Waals surface area contributed by atoms with Crippen molar-refractivity contribution < 1.29 is 4.79 Å². The van der Waals surface area contributed by atoms with E-state index in [1.54, 1.807) is 0 Å². The molecule has 5 nitrogen and oxygen atoms in total. The maximum Gasteiger partial charge on any atom is 0.225 e. The van der Waals surface area contributed by atoms with Crippen LogP contribution >= 0.6 is 0 Å². The first-order valence-corrected chi connectivity index (χ1v) is 7.92. The molecule has 1 aromatic rings. The molecular formula is C16H24N4O. The number of piperidine rings is 1. The Hall–Kier alpha value is -1.62. The van der Waals surface area contributed by atoms with Gasteiger partial charge in [0.05, 0.1) is 0 Å². The van der Waals surface area contributed by atoms with Crippen molar-refractivity contribution in [2.24, 2.45) is 5.92 Å². The zero-order valence-electron chi connectivity index (χ0n) is 12.7. The third kappa shape index (κ3) is 3.35. The predicted octanol–water partition coefficient (Wildman–Crippen LogP) is 1.12. The molecule has 21 heavy (non-hydrogen) atoms. The molecule has 0 saturated carbocycles. The van der Waals surface area contributed by atoms with Gasteiger partial charge in [0.15, 0.2) is 0 Å². The molecule has 0 spiro atoms. The quantitative estimate of drug-likeness (QED) is 0.886.